The molecule has 3 rings (SSSR count). The van der Waals surface area contributed by atoms with E-state index in [0.717, 1.165) is 54.1 Å². The summed E-state index contributed by atoms with van der Waals surface area (Å²) in [5, 5.41) is -0.708. The maximum absolute atomic E-state index is 11.8. The molecule has 2 aromatic carbocycles. The van der Waals surface area contributed by atoms with E-state index in [1.165, 1.54) is 16.7 Å². The van der Waals surface area contributed by atoms with Gasteiger partial charge in [-0.1, -0.05) is 12.1 Å². The van der Waals surface area contributed by atoms with Crippen molar-refractivity contribution in [3.63, 3.8) is 0 Å². The number of allylic oxidation sites excluding steroid dienone is 1. The summed E-state index contributed by atoms with van der Waals surface area (Å²) in [4.78, 5) is 22.5. The van der Waals surface area contributed by atoms with Crippen LogP contribution in [0.4, 0.5) is 0 Å². The molecule has 2 aromatic rings. The van der Waals surface area contributed by atoms with Crippen LogP contribution in [0.3, 0.4) is 0 Å². The number of hydrogen-bond acceptors (Lipinski definition) is 6. The Morgan fingerprint density at radius 3 is 2.34 bits per heavy atom. The van der Waals surface area contributed by atoms with Crippen molar-refractivity contribution in [2.75, 3.05) is 48.1 Å². The van der Waals surface area contributed by atoms with Crippen LogP contribution in [-0.4, -0.2) is 63.8 Å². The summed E-state index contributed by atoms with van der Waals surface area (Å²) in [5.74, 6) is 1.71. The first-order valence-electron chi connectivity index (χ1n) is 11.6. The third-order valence-corrected chi connectivity index (χ3v) is 6.77. The van der Waals surface area contributed by atoms with Gasteiger partial charge in [-0.3, -0.25) is 4.79 Å². The quantitative estimate of drug-likeness (QED) is 0.150. The third kappa shape index (κ3) is 6.77. The summed E-state index contributed by atoms with van der Waals surface area (Å²) in [6, 6.07) is 12.5. The molecule has 0 saturated carbocycles. The van der Waals surface area contributed by atoms with Crippen LogP contribution in [0, 0.1) is 0 Å². The molecule has 0 aromatic heterocycles. The van der Waals surface area contributed by atoms with Gasteiger partial charge < -0.3 is 23.4 Å². The van der Waals surface area contributed by atoms with Crippen molar-refractivity contribution in [2.45, 2.75) is 25.3 Å². The van der Waals surface area contributed by atoms with Crippen molar-refractivity contribution >= 4 is 22.8 Å². The summed E-state index contributed by atoms with van der Waals surface area (Å²) >= 11 is 5.22. The molecular formula is C27H33ClNO6+. The first kappa shape index (κ1) is 26.6. The molecule has 0 bridgehead atoms. The first-order chi connectivity index (χ1) is 16.8. The maximum Gasteiger partial charge on any atom is 0.330 e. The molecule has 35 heavy (non-hydrogen) atoms. The normalized spacial score (nSPS) is 19.2. The molecule has 1 heterocycles. The highest BCUT2D eigenvalue weighted by Gasteiger charge is 2.39. The van der Waals surface area contributed by atoms with Gasteiger partial charge in [0.1, 0.15) is 11.8 Å². The Kier molecular flexibility index (Phi) is 9.18. The number of quaternary nitrogens is 1. The van der Waals surface area contributed by atoms with Crippen molar-refractivity contribution in [3.8, 4) is 17.2 Å². The monoisotopic (exact) mass is 502 g/mol. The second-order valence-electron chi connectivity index (χ2n) is 8.81. The standard InChI is InChI=1S/C27H33ClNO6/c1-29(13-5-15-35-27(31)11-10-26(28)30)14-12-20-17-24(33-3)25(34-4)18-22(20)23(29)16-19-6-8-21(32-2)9-7-19/h6-11,17-18,23H,5,12-16H2,1-4H3/q+1/b11-10-. The number of rotatable bonds is 11. The minimum Gasteiger partial charge on any atom is -0.497 e. The smallest absolute Gasteiger partial charge is 0.330 e. The van der Waals surface area contributed by atoms with Crippen LogP contribution in [0.5, 0.6) is 17.2 Å². The molecule has 0 N–H and O–H groups in total. The average Bonchev–Trinajstić information content (AvgIpc) is 2.86. The minimum absolute atomic E-state index is 0.177. The second kappa shape index (κ2) is 12.1. The number of fused-ring (bicyclic) bond motifs is 1. The Labute approximate surface area is 211 Å². The lowest BCUT2D eigenvalue weighted by molar-refractivity contribution is -0.941. The molecule has 0 saturated heterocycles. The number of nitrogens with zero attached hydrogens (tertiary/aromatic N) is 1. The van der Waals surface area contributed by atoms with Crippen LogP contribution in [0.2, 0.25) is 0 Å². The van der Waals surface area contributed by atoms with Gasteiger partial charge in [0.2, 0.25) is 5.24 Å². The summed E-state index contributed by atoms with van der Waals surface area (Å²) in [5.41, 5.74) is 3.72. The number of hydrogen-bond donors (Lipinski definition) is 0. The van der Waals surface area contributed by atoms with Crippen LogP contribution < -0.4 is 14.2 Å². The van der Waals surface area contributed by atoms with Gasteiger partial charge in [-0.15, -0.1) is 0 Å². The summed E-state index contributed by atoms with van der Waals surface area (Å²) in [7, 11) is 7.22. The molecule has 1 aliphatic heterocycles. The van der Waals surface area contributed by atoms with Crippen LogP contribution in [0.1, 0.15) is 29.2 Å². The van der Waals surface area contributed by atoms with Crippen molar-refractivity contribution in [1.29, 1.82) is 0 Å². The van der Waals surface area contributed by atoms with E-state index in [2.05, 4.69) is 31.3 Å². The molecule has 0 aliphatic carbocycles. The van der Waals surface area contributed by atoms with Crippen molar-refractivity contribution < 1.29 is 33.0 Å². The molecule has 0 spiro atoms. The van der Waals surface area contributed by atoms with E-state index >= 15 is 0 Å². The molecule has 2 unspecified atom stereocenters. The SMILES string of the molecule is COc1ccc(CC2c3cc(OC)c(OC)cc3CC[N+]2(C)CCCOC(=O)/C=C\C(=O)Cl)cc1. The highest BCUT2D eigenvalue weighted by atomic mass is 35.5. The highest BCUT2D eigenvalue weighted by Crippen LogP contribution is 2.42. The number of ether oxygens (including phenoxy) is 4. The van der Waals surface area contributed by atoms with Gasteiger partial charge >= 0.3 is 5.97 Å². The molecule has 0 amide bonds. The molecule has 2 atom stereocenters. The largest absolute Gasteiger partial charge is 0.497 e. The summed E-state index contributed by atoms with van der Waals surface area (Å²) < 4.78 is 22.5. The fourth-order valence-corrected chi connectivity index (χ4v) is 4.76. The van der Waals surface area contributed by atoms with Crippen LogP contribution >= 0.6 is 11.6 Å². The number of carbonyl (C=O) groups is 2. The van der Waals surface area contributed by atoms with Crippen molar-refractivity contribution in [1.82, 2.24) is 0 Å². The fraction of sp³-hybridized carbons (Fsp3) is 0.407. The van der Waals surface area contributed by atoms with Gasteiger partial charge in [-0.2, -0.15) is 0 Å². The highest BCUT2D eigenvalue weighted by molar-refractivity contribution is 6.66. The molecular weight excluding hydrogens is 470 g/mol. The third-order valence-electron chi connectivity index (χ3n) is 6.64. The number of methoxy groups -OCH3 is 3. The topological polar surface area (TPSA) is 71.1 Å². The molecule has 188 valence electrons. The van der Waals surface area contributed by atoms with Crippen molar-refractivity contribution in [3.05, 3.63) is 65.2 Å². The predicted octanol–water partition coefficient (Wildman–Crippen LogP) is 4.25. The van der Waals surface area contributed by atoms with E-state index < -0.39 is 11.2 Å². The zero-order valence-corrected chi connectivity index (χ0v) is 21.5. The molecule has 8 heteroatoms. The Bertz CT molecular complexity index is 1070. The Morgan fingerprint density at radius 1 is 1.03 bits per heavy atom. The molecule has 0 fully saturated rings. The number of likely N-dealkylation sites (N-methyl/N-ethyl adjacent to an activating group) is 1. The lowest BCUT2D eigenvalue weighted by Crippen LogP contribution is -2.52. The predicted molar refractivity (Wildman–Crippen MR) is 134 cm³/mol. The van der Waals surface area contributed by atoms with Gasteiger partial charge in [0.05, 0.1) is 48.1 Å². The van der Waals surface area contributed by atoms with Crippen LogP contribution in [0.25, 0.3) is 0 Å². The Balaban J connectivity index is 1.83. The van der Waals surface area contributed by atoms with E-state index in [0.29, 0.717) is 12.2 Å². The summed E-state index contributed by atoms with van der Waals surface area (Å²) in [6.07, 6.45) is 4.47. The minimum atomic E-state index is -0.708. The lowest BCUT2D eigenvalue weighted by atomic mass is 9.86. The van der Waals surface area contributed by atoms with Gasteiger partial charge in [-0.25, -0.2) is 4.79 Å². The van der Waals surface area contributed by atoms with Gasteiger partial charge in [0.25, 0.3) is 0 Å². The molecule has 7 nitrogen and oxygen atoms in total. The number of halogens is 1. The second-order valence-corrected chi connectivity index (χ2v) is 9.18. The zero-order valence-electron chi connectivity index (χ0n) is 20.7. The van der Waals surface area contributed by atoms with Crippen LogP contribution in [0.15, 0.2) is 48.6 Å². The zero-order chi connectivity index (χ0) is 25.4. The lowest BCUT2D eigenvalue weighted by Gasteiger charge is -2.46. The van der Waals surface area contributed by atoms with Gasteiger partial charge in [0.15, 0.2) is 11.5 Å². The van der Waals surface area contributed by atoms with Crippen molar-refractivity contribution in [2.24, 2.45) is 0 Å². The maximum atomic E-state index is 11.8. The molecule has 1 aliphatic rings. The van der Waals surface area contributed by atoms with Gasteiger partial charge in [-0.05, 0) is 47.0 Å². The van der Waals surface area contributed by atoms with E-state index in [1.54, 1.807) is 21.3 Å². The Morgan fingerprint density at radius 2 is 1.71 bits per heavy atom. The average molecular weight is 503 g/mol. The number of carbonyl (C=O) groups excluding carboxylic acids is 2. The summed E-state index contributed by atoms with van der Waals surface area (Å²) in [6.45, 7) is 2.03. The van der Waals surface area contributed by atoms with Gasteiger partial charge in [0, 0.05) is 37.0 Å². The van der Waals surface area contributed by atoms with E-state index in [4.69, 9.17) is 30.5 Å². The van der Waals surface area contributed by atoms with E-state index in [-0.39, 0.29) is 12.6 Å². The van der Waals surface area contributed by atoms with E-state index in [1.807, 2.05) is 12.1 Å². The Hall–Kier alpha value is -3.03. The number of benzene rings is 2. The van der Waals surface area contributed by atoms with Crippen LogP contribution in [-0.2, 0) is 27.2 Å². The molecule has 0 radical (unpaired) electrons. The van der Waals surface area contributed by atoms with E-state index in [9.17, 15) is 9.59 Å². The number of esters is 1. The fourth-order valence-electron chi connectivity index (χ4n) is 4.69. The first-order valence-corrected chi connectivity index (χ1v) is 11.9.